The van der Waals surface area contributed by atoms with Crippen molar-refractivity contribution in [3.63, 3.8) is 0 Å². The van der Waals surface area contributed by atoms with Crippen LogP contribution < -0.4 is 20.5 Å². The first-order valence-electron chi connectivity index (χ1n) is 11.9. The predicted octanol–water partition coefficient (Wildman–Crippen LogP) is 4.24. The minimum atomic E-state index is -0.565. The van der Waals surface area contributed by atoms with E-state index in [1.807, 2.05) is 13.0 Å². The highest BCUT2D eigenvalue weighted by atomic mass is 16.5. The molecule has 1 amide bonds. The minimum Gasteiger partial charge on any atom is -0.494 e. The van der Waals surface area contributed by atoms with Crippen molar-refractivity contribution in [2.24, 2.45) is 11.7 Å². The number of nitrogens with zero attached hydrogens (tertiary/aromatic N) is 2. The van der Waals surface area contributed by atoms with Gasteiger partial charge in [-0.2, -0.15) is 4.98 Å². The first-order valence-corrected chi connectivity index (χ1v) is 11.9. The van der Waals surface area contributed by atoms with E-state index in [4.69, 9.17) is 19.6 Å². The van der Waals surface area contributed by atoms with Crippen LogP contribution in [0.3, 0.4) is 0 Å². The van der Waals surface area contributed by atoms with Crippen LogP contribution in [0, 0.1) is 12.0 Å². The molecule has 0 saturated carbocycles. The van der Waals surface area contributed by atoms with E-state index in [1.54, 1.807) is 12.1 Å². The Balaban J connectivity index is 1.35. The van der Waals surface area contributed by atoms with E-state index >= 15 is 0 Å². The lowest BCUT2D eigenvalue weighted by molar-refractivity contribution is 0.100. The van der Waals surface area contributed by atoms with Gasteiger partial charge in [-0.25, -0.2) is 0 Å². The highest BCUT2D eigenvalue weighted by Gasteiger charge is 2.22. The molecule has 0 aliphatic carbocycles. The summed E-state index contributed by atoms with van der Waals surface area (Å²) in [7, 11) is 0. The number of primary amides is 1. The van der Waals surface area contributed by atoms with Crippen LogP contribution >= 0.6 is 0 Å². The summed E-state index contributed by atoms with van der Waals surface area (Å²) in [5.74, 6) is 1.60. The monoisotopic (exact) mass is 465 g/mol. The van der Waals surface area contributed by atoms with Gasteiger partial charge in [0, 0.05) is 31.7 Å². The number of hydrogen-bond acceptors (Lipinski definition) is 7. The molecule has 1 saturated heterocycles. The van der Waals surface area contributed by atoms with Crippen LogP contribution in [0.25, 0.3) is 11.1 Å². The lowest BCUT2D eigenvalue weighted by atomic mass is 10.0. The molecule has 1 aromatic heterocycles. The van der Waals surface area contributed by atoms with Crippen LogP contribution in [-0.4, -0.2) is 48.1 Å². The summed E-state index contributed by atoms with van der Waals surface area (Å²) in [6, 6.07) is 13.0. The number of carbonyl (C=O) groups excluding carboxylic acids is 1. The molecule has 4 rings (SSSR count). The fourth-order valence-electron chi connectivity index (χ4n) is 4.13. The number of carbonyl (C=O) groups is 1. The number of aromatic nitrogens is 1. The molecule has 1 radical (unpaired) electrons. The van der Waals surface area contributed by atoms with Gasteiger partial charge in [0.25, 0.3) is 11.9 Å². The van der Waals surface area contributed by atoms with Crippen LogP contribution in [0.4, 0.5) is 6.01 Å². The summed E-state index contributed by atoms with van der Waals surface area (Å²) >= 11 is 0. The summed E-state index contributed by atoms with van der Waals surface area (Å²) in [6.07, 6.45) is 1.91. The Morgan fingerprint density at radius 3 is 2.68 bits per heavy atom. The maximum atomic E-state index is 11.6. The van der Waals surface area contributed by atoms with Crippen LogP contribution in [0.15, 0.2) is 34.7 Å². The Labute approximate surface area is 200 Å². The molecule has 0 atom stereocenters. The molecule has 8 nitrogen and oxygen atoms in total. The van der Waals surface area contributed by atoms with Gasteiger partial charge in [-0.15, -0.1) is 0 Å². The molecule has 1 aliphatic rings. The number of nitrogens with one attached hydrogen (secondary N) is 1. The second-order valence-corrected chi connectivity index (χ2v) is 9.09. The summed E-state index contributed by atoms with van der Waals surface area (Å²) in [4.78, 5) is 18.5. The van der Waals surface area contributed by atoms with E-state index in [0.29, 0.717) is 36.2 Å². The first kappa shape index (κ1) is 23.9. The van der Waals surface area contributed by atoms with E-state index in [9.17, 15) is 4.79 Å². The normalized spacial score (nSPS) is 15.1. The molecular formula is C26H33N4O4. The molecule has 1 fully saturated rings. The van der Waals surface area contributed by atoms with Crippen LogP contribution in [0.5, 0.6) is 11.5 Å². The Hall–Kier alpha value is -3.26. The average Bonchev–Trinajstić information content (AvgIpc) is 3.21. The third kappa shape index (κ3) is 5.99. The molecule has 2 heterocycles. The van der Waals surface area contributed by atoms with Gasteiger partial charge in [0.15, 0.2) is 5.58 Å². The molecule has 181 valence electrons. The number of ether oxygens (including phenoxy) is 2. The Morgan fingerprint density at radius 1 is 1.26 bits per heavy atom. The molecule has 0 spiro atoms. The zero-order valence-corrected chi connectivity index (χ0v) is 20.1. The van der Waals surface area contributed by atoms with Gasteiger partial charge in [-0.05, 0) is 61.6 Å². The van der Waals surface area contributed by atoms with Gasteiger partial charge in [0.05, 0.1) is 18.8 Å². The number of rotatable bonds is 10. The number of likely N-dealkylation sites (tertiary alicyclic amines) is 1. The Bertz CT molecular complexity index is 1120. The van der Waals surface area contributed by atoms with E-state index in [0.717, 1.165) is 44.0 Å². The minimum absolute atomic E-state index is 0.241. The van der Waals surface area contributed by atoms with Crippen LogP contribution in [0.1, 0.15) is 49.5 Å². The first-order chi connectivity index (χ1) is 16.4. The third-order valence-corrected chi connectivity index (χ3v) is 5.75. The number of nitrogens with two attached hydrogens (primary N) is 1. The van der Waals surface area contributed by atoms with Crippen molar-refractivity contribution in [3.05, 3.63) is 47.5 Å². The molecule has 0 unspecified atom stereocenters. The summed E-state index contributed by atoms with van der Waals surface area (Å²) in [5.41, 5.74) is 7.82. The number of piperidine rings is 1. The zero-order valence-electron chi connectivity index (χ0n) is 20.1. The SMILES string of the molecule is CCOc1cc(CN2CCC(Nc3nc4c(C(N)=O)[c]ccc4o3)CC2)cc(OCC(C)C)c1. The highest BCUT2D eigenvalue weighted by Crippen LogP contribution is 2.27. The van der Waals surface area contributed by atoms with Crippen molar-refractivity contribution in [2.45, 2.75) is 46.2 Å². The lowest BCUT2D eigenvalue weighted by Crippen LogP contribution is -2.38. The second-order valence-electron chi connectivity index (χ2n) is 9.09. The topological polar surface area (TPSA) is 103 Å². The molecular weight excluding hydrogens is 432 g/mol. The Morgan fingerprint density at radius 2 is 2.00 bits per heavy atom. The molecule has 1 aliphatic heterocycles. The van der Waals surface area contributed by atoms with Gasteiger partial charge in [0.2, 0.25) is 0 Å². The van der Waals surface area contributed by atoms with Gasteiger partial charge in [0.1, 0.15) is 17.0 Å². The number of hydrogen-bond donors (Lipinski definition) is 2. The molecule has 3 aromatic rings. The number of fused-ring (bicyclic) bond motifs is 1. The standard InChI is InChI=1S/C26H33N4O4/c1-4-32-20-12-18(13-21(14-20)33-16-17(2)3)15-30-10-8-19(9-11-30)28-26-29-24-22(25(27)31)6-5-7-23(24)34-26/h5,7,12-14,17,19H,4,8-11,15-16H2,1-3H3,(H2,27,31)(H,28,29). The predicted molar refractivity (Wildman–Crippen MR) is 131 cm³/mol. The van der Waals surface area contributed by atoms with Crippen molar-refractivity contribution in [3.8, 4) is 11.5 Å². The maximum absolute atomic E-state index is 11.6. The van der Waals surface area contributed by atoms with Crippen molar-refractivity contribution < 1.29 is 18.7 Å². The number of amides is 1. The molecule has 2 aromatic carbocycles. The number of anilines is 1. The summed E-state index contributed by atoms with van der Waals surface area (Å²) in [6.45, 7) is 10.3. The van der Waals surface area contributed by atoms with E-state index in [1.165, 1.54) is 5.56 Å². The maximum Gasteiger partial charge on any atom is 0.295 e. The van der Waals surface area contributed by atoms with Crippen molar-refractivity contribution in [2.75, 3.05) is 31.6 Å². The average molecular weight is 466 g/mol. The second kappa shape index (κ2) is 10.8. The van der Waals surface area contributed by atoms with Crippen molar-refractivity contribution in [1.29, 1.82) is 0 Å². The fourth-order valence-corrected chi connectivity index (χ4v) is 4.13. The van der Waals surface area contributed by atoms with Gasteiger partial charge < -0.3 is 24.9 Å². The molecule has 34 heavy (non-hydrogen) atoms. The smallest absolute Gasteiger partial charge is 0.295 e. The zero-order chi connectivity index (χ0) is 24.1. The molecule has 8 heteroatoms. The van der Waals surface area contributed by atoms with Gasteiger partial charge >= 0.3 is 0 Å². The van der Waals surface area contributed by atoms with Crippen LogP contribution in [0.2, 0.25) is 0 Å². The Kier molecular flexibility index (Phi) is 7.57. The van der Waals surface area contributed by atoms with Gasteiger partial charge in [-0.1, -0.05) is 13.8 Å². The van der Waals surface area contributed by atoms with E-state index in [-0.39, 0.29) is 11.6 Å². The quantitative estimate of drug-likeness (QED) is 0.462. The number of oxazole rings is 1. The van der Waals surface area contributed by atoms with Crippen molar-refractivity contribution >= 4 is 23.0 Å². The number of benzene rings is 2. The van der Waals surface area contributed by atoms with Crippen LogP contribution in [-0.2, 0) is 6.54 Å². The van der Waals surface area contributed by atoms with Crippen molar-refractivity contribution in [1.82, 2.24) is 9.88 Å². The van der Waals surface area contributed by atoms with E-state index in [2.05, 4.69) is 47.2 Å². The summed E-state index contributed by atoms with van der Waals surface area (Å²) in [5, 5.41) is 3.37. The molecule has 0 bridgehead atoms. The largest absolute Gasteiger partial charge is 0.494 e. The molecule has 3 N–H and O–H groups in total. The lowest BCUT2D eigenvalue weighted by Gasteiger charge is -2.32. The fraction of sp³-hybridized carbons (Fsp3) is 0.462. The van der Waals surface area contributed by atoms with Gasteiger partial charge in [-0.3, -0.25) is 9.69 Å². The van der Waals surface area contributed by atoms with E-state index < -0.39 is 5.91 Å². The third-order valence-electron chi connectivity index (χ3n) is 5.75. The summed E-state index contributed by atoms with van der Waals surface area (Å²) < 4.78 is 17.5. The highest BCUT2D eigenvalue weighted by molar-refractivity contribution is 6.03.